The largest absolute Gasteiger partial charge is 0.490 e. The van der Waals surface area contributed by atoms with Crippen molar-refractivity contribution in [1.82, 2.24) is 5.43 Å². The second-order valence-electron chi connectivity index (χ2n) is 7.03. The quantitative estimate of drug-likeness (QED) is 0.166. The molecule has 0 aliphatic rings. The van der Waals surface area contributed by atoms with Crippen LogP contribution >= 0.6 is 22.6 Å². The standard InChI is InChI=1S/C25H20FIN2O4/c1-2-31-22-12-17(11-20(27)24(22)32-15-16-6-5-8-19(26)10-16)14-28-29-25(30)23-13-18-7-3-4-9-21(18)33-23/h3-14H,2,15H2,1H3,(H,29,30)/b28-14+. The summed E-state index contributed by atoms with van der Waals surface area (Å²) in [6.45, 7) is 2.52. The molecule has 3 aromatic carbocycles. The number of rotatable bonds is 8. The fourth-order valence-corrected chi connectivity index (χ4v) is 3.94. The molecule has 4 aromatic rings. The fraction of sp³-hybridized carbons (Fsp3) is 0.120. The van der Waals surface area contributed by atoms with Crippen LogP contribution in [-0.2, 0) is 6.61 Å². The second kappa shape index (κ2) is 10.5. The van der Waals surface area contributed by atoms with E-state index in [4.69, 9.17) is 13.9 Å². The maximum Gasteiger partial charge on any atom is 0.307 e. The molecule has 0 aliphatic carbocycles. The lowest BCUT2D eigenvalue weighted by atomic mass is 10.2. The third-order valence-corrected chi connectivity index (χ3v) is 5.43. The highest BCUT2D eigenvalue weighted by Gasteiger charge is 2.13. The second-order valence-corrected chi connectivity index (χ2v) is 8.19. The summed E-state index contributed by atoms with van der Waals surface area (Å²) in [6.07, 6.45) is 1.52. The monoisotopic (exact) mass is 558 g/mol. The molecule has 0 fully saturated rings. The summed E-state index contributed by atoms with van der Waals surface area (Å²) >= 11 is 2.14. The summed E-state index contributed by atoms with van der Waals surface area (Å²) in [5.74, 6) is 0.513. The molecular weight excluding hydrogens is 538 g/mol. The van der Waals surface area contributed by atoms with Gasteiger partial charge in [-0.15, -0.1) is 0 Å². The zero-order valence-electron chi connectivity index (χ0n) is 17.7. The first-order valence-corrected chi connectivity index (χ1v) is 11.3. The van der Waals surface area contributed by atoms with Crippen LogP contribution < -0.4 is 14.9 Å². The van der Waals surface area contributed by atoms with Gasteiger partial charge in [0.15, 0.2) is 17.3 Å². The normalized spacial score (nSPS) is 11.1. The Labute approximate surface area is 203 Å². The van der Waals surface area contributed by atoms with Gasteiger partial charge in [-0.05, 0) is 77.0 Å². The van der Waals surface area contributed by atoms with Crippen LogP contribution in [-0.4, -0.2) is 18.7 Å². The van der Waals surface area contributed by atoms with Gasteiger partial charge >= 0.3 is 5.91 Å². The summed E-state index contributed by atoms with van der Waals surface area (Å²) in [5.41, 5.74) is 4.54. The number of furan rings is 1. The Balaban J connectivity index is 1.46. The Morgan fingerprint density at radius 3 is 2.76 bits per heavy atom. The highest BCUT2D eigenvalue weighted by molar-refractivity contribution is 14.1. The summed E-state index contributed by atoms with van der Waals surface area (Å²) in [4.78, 5) is 12.3. The molecule has 1 aromatic heterocycles. The van der Waals surface area contributed by atoms with Crippen LogP contribution in [0, 0.1) is 9.39 Å². The summed E-state index contributed by atoms with van der Waals surface area (Å²) in [5, 5.41) is 4.88. The number of nitrogens with zero attached hydrogens (tertiary/aromatic N) is 1. The molecule has 1 N–H and O–H groups in total. The van der Waals surface area contributed by atoms with Crippen molar-refractivity contribution in [2.75, 3.05) is 6.61 Å². The van der Waals surface area contributed by atoms with Crippen molar-refractivity contribution in [3.05, 3.63) is 93.0 Å². The van der Waals surface area contributed by atoms with Crippen LogP contribution in [0.5, 0.6) is 11.5 Å². The zero-order chi connectivity index (χ0) is 23.2. The van der Waals surface area contributed by atoms with Gasteiger partial charge < -0.3 is 13.9 Å². The minimum absolute atomic E-state index is 0.180. The molecule has 0 aliphatic heterocycles. The number of hydrogen-bond donors (Lipinski definition) is 1. The molecule has 0 saturated heterocycles. The molecule has 1 amide bonds. The van der Waals surface area contributed by atoms with Crippen molar-refractivity contribution in [1.29, 1.82) is 0 Å². The van der Waals surface area contributed by atoms with Gasteiger partial charge in [0.05, 0.1) is 16.4 Å². The van der Waals surface area contributed by atoms with Crippen molar-refractivity contribution >= 4 is 45.7 Å². The Morgan fingerprint density at radius 1 is 1.12 bits per heavy atom. The molecular formula is C25H20FIN2O4. The lowest BCUT2D eigenvalue weighted by Crippen LogP contribution is -2.16. The average Bonchev–Trinajstić information content (AvgIpc) is 3.23. The van der Waals surface area contributed by atoms with E-state index in [1.54, 1.807) is 30.3 Å². The van der Waals surface area contributed by atoms with Gasteiger partial charge in [-0.3, -0.25) is 4.79 Å². The number of amides is 1. The molecule has 0 spiro atoms. The van der Waals surface area contributed by atoms with Crippen molar-refractivity contribution in [2.45, 2.75) is 13.5 Å². The predicted molar refractivity (Wildman–Crippen MR) is 132 cm³/mol. The van der Waals surface area contributed by atoms with Gasteiger partial charge in [0, 0.05) is 5.39 Å². The van der Waals surface area contributed by atoms with E-state index >= 15 is 0 Å². The number of benzene rings is 3. The topological polar surface area (TPSA) is 73.1 Å². The molecule has 168 valence electrons. The van der Waals surface area contributed by atoms with Crippen molar-refractivity contribution < 1.29 is 23.1 Å². The predicted octanol–water partition coefficient (Wildman–Crippen LogP) is 5.92. The first-order chi connectivity index (χ1) is 16.0. The SMILES string of the molecule is CCOc1cc(/C=N/NC(=O)c2cc3ccccc3o2)cc(I)c1OCc1cccc(F)c1. The van der Waals surface area contributed by atoms with Crippen LogP contribution in [0.3, 0.4) is 0 Å². The molecule has 0 atom stereocenters. The van der Waals surface area contributed by atoms with E-state index in [1.165, 1.54) is 18.3 Å². The maximum absolute atomic E-state index is 13.4. The van der Waals surface area contributed by atoms with Crippen molar-refractivity contribution in [3.8, 4) is 11.5 Å². The number of carbonyl (C=O) groups is 1. The van der Waals surface area contributed by atoms with Crippen LogP contribution in [0.15, 0.2) is 76.2 Å². The highest BCUT2D eigenvalue weighted by atomic mass is 127. The minimum atomic E-state index is -0.447. The molecule has 1 heterocycles. The Kier molecular flexibility index (Phi) is 7.23. The minimum Gasteiger partial charge on any atom is -0.490 e. The first-order valence-electron chi connectivity index (χ1n) is 10.2. The molecule has 33 heavy (non-hydrogen) atoms. The molecule has 0 unspecified atom stereocenters. The van der Waals surface area contributed by atoms with E-state index in [0.717, 1.165) is 8.96 Å². The summed E-state index contributed by atoms with van der Waals surface area (Å²) in [7, 11) is 0. The number of halogens is 2. The van der Waals surface area contributed by atoms with Crippen LogP contribution in [0.1, 0.15) is 28.6 Å². The van der Waals surface area contributed by atoms with Crippen LogP contribution in [0.2, 0.25) is 0 Å². The number of nitrogens with one attached hydrogen (secondary N) is 1. The number of fused-ring (bicyclic) bond motifs is 1. The lowest BCUT2D eigenvalue weighted by molar-refractivity contribution is 0.0929. The number of hydrogen-bond acceptors (Lipinski definition) is 5. The third-order valence-electron chi connectivity index (χ3n) is 4.63. The van der Waals surface area contributed by atoms with Crippen LogP contribution in [0.4, 0.5) is 4.39 Å². The summed E-state index contributed by atoms with van der Waals surface area (Å²) in [6, 6.07) is 18.9. The third kappa shape index (κ3) is 5.70. The summed E-state index contributed by atoms with van der Waals surface area (Å²) < 4.78 is 31.4. The smallest absolute Gasteiger partial charge is 0.307 e. The highest BCUT2D eigenvalue weighted by Crippen LogP contribution is 2.34. The van der Waals surface area contributed by atoms with Gasteiger partial charge in [0.2, 0.25) is 0 Å². The molecule has 4 rings (SSSR count). The fourth-order valence-electron chi connectivity index (χ4n) is 3.16. The number of ether oxygens (including phenoxy) is 2. The number of hydrazone groups is 1. The van der Waals surface area contributed by atoms with Crippen LogP contribution in [0.25, 0.3) is 11.0 Å². The Hall–Kier alpha value is -3.40. The Bertz CT molecular complexity index is 1290. The van der Waals surface area contributed by atoms with Gasteiger partial charge in [0.1, 0.15) is 18.0 Å². The Morgan fingerprint density at radius 2 is 1.97 bits per heavy atom. The van der Waals surface area contributed by atoms with Gasteiger partial charge in [-0.2, -0.15) is 5.10 Å². The molecule has 0 radical (unpaired) electrons. The maximum atomic E-state index is 13.4. The van der Waals surface area contributed by atoms with E-state index in [0.29, 0.717) is 34.8 Å². The van der Waals surface area contributed by atoms with E-state index in [2.05, 4.69) is 33.1 Å². The first kappa shape index (κ1) is 22.8. The van der Waals surface area contributed by atoms with Crippen molar-refractivity contribution in [3.63, 3.8) is 0 Å². The molecule has 6 nitrogen and oxygen atoms in total. The molecule has 0 bridgehead atoms. The zero-order valence-corrected chi connectivity index (χ0v) is 19.8. The van der Waals surface area contributed by atoms with E-state index < -0.39 is 5.91 Å². The number of para-hydroxylation sites is 1. The van der Waals surface area contributed by atoms with Gasteiger partial charge in [0.25, 0.3) is 0 Å². The van der Waals surface area contributed by atoms with E-state index in [9.17, 15) is 9.18 Å². The lowest BCUT2D eigenvalue weighted by Gasteiger charge is -2.14. The molecule has 0 saturated carbocycles. The number of carbonyl (C=O) groups excluding carboxylic acids is 1. The molecule has 8 heteroatoms. The average molecular weight is 558 g/mol. The van der Waals surface area contributed by atoms with Crippen molar-refractivity contribution in [2.24, 2.45) is 5.10 Å². The van der Waals surface area contributed by atoms with Gasteiger partial charge in [-0.1, -0.05) is 30.3 Å². The van der Waals surface area contributed by atoms with E-state index in [-0.39, 0.29) is 18.2 Å². The van der Waals surface area contributed by atoms with Gasteiger partial charge in [-0.25, -0.2) is 9.82 Å². The van der Waals surface area contributed by atoms with E-state index in [1.807, 2.05) is 31.2 Å².